The molecule has 0 fully saturated rings. The third kappa shape index (κ3) is 4.59. The second-order valence-corrected chi connectivity index (χ2v) is 6.79. The first-order valence-electron chi connectivity index (χ1n) is 8.23. The number of aromatic nitrogens is 3. The maximum Gasteiger partial charge on any atom is 0.242 e. The number of nitrogens with zero attached hydrogens (tertiary/aromatic N) is 3. The summed E-state index contributed by atoms with van der Waals surface area (Å²) in [7, 11) is 1.58. The van der Waals surface area contributed by atoms with Crippen LogP contribution in [0.5, 0.6) is 5.75 Å². The van der Waals surface area contributed by atoms with E-state index < -0.39 is 0 Å². The highest BCUT2D eigenvalue weighted by Gasteiger charge is 2.14. The number of hydrogen-bond acceptors (Lipinski definition) is 4. The Morgan fingerprint density at radius 3 is 2.56 bits per heavy atom. The van der Waals surface area contributed by atoms with Gasteiger partial charge in [-0.1, -0.05) is 40.5 Å². The van der Waals surface area contributed by atoms with Crippen LogP contribution in [0, 0.1) is 6.92 Å². The Bertz CT molecular complexity index is 955. The van der Waals surface area contributed by atoms with Crippen LogP contribution in [0.4, 0.5) is 0 Å². The zero-order valence-electron chi connectivity index (χ0n) is 14.9. The first-order chi connectivity index (χ1) is 13.0. The van der Waals surface area contributed by atoms with E-state index in [2.05, 4.69) is 15.6 Å². The summed E-state index contributed by atoms with van der Waals surface area (Å²) in [6.45, 7) is 2.24. The molecular formula is C19H18Cl2N4O2. The molecule has 0 spiro atoms. The average molecular weight is 405 g/mol. The van der Waals surface area contributed by atoms with Crippen LogP contribution in [0.25, 0.3) is 11.3 Å². The van der Waals surface area contributed by atoms with Crippen LogP contribution in [0.15, 0.2) is 42.5 Å². The van der Waals surface area contributed by atoms with E-state index >= 15 is 0 Å². The molecule has 0 aliphatic rings. The summed E-state index contributed by atoms with van der Waals surface area (Å²) in [5, 5.41) is 12.3. The predicted molar refractivity (Wildman–Crippen MR) is 105 cm³/mol. The van der Waals surface area contributed by atoms with E-state index in [4.69, 9.17) is 27.9 Å². The van der Waals surface area contributed by atoms with Gasteiger partial charge in [0.1, 0.15) is 18.0 Å². The summed E-state index contributed by atoms with van der Waals surface area (Å²) in [4.78, 5) is 12.3. The molecule has 2 aromatic carbocycles. The summed E-state index contributed by atoms with van der Waals surface area (Å²) in [6, 6.07) is 12.6. The Hall–Kier alpha value is -2.57. The molecule has 0 bridgehead atoms. The lowest BCUT2D eigenvalue weighted by Gasteiger charge is -2.10. The lowest BCUT2D eigenvalue weighted by molar-refractivity contribution is -0.122. The molecular weight excluding hydrogens is 387 g/mol. The van der Waals surface area contributed by atoms with Crippen molar-refractivity contribution in [2.75, 3.05) is 7.11 Å². The summed E-state index contributed by atoms with van der Waals surface area (Å²) in [6.07, 6.45) is 0. The van der Waals surface area contributed by atoms with E-state index in [9.17, 15) is 4.79 Å². The number of carbonyl (C=O) groups is 1. The van der Waals surface area contributed by atoms with Crippen LogP contribution < -0.4 is 10.1 Å². The summed E-state index contributed by atoms with van der Waals surface area (Å²) < 4.78 is 6.85. The minimum Gasteiger partial charge on any atom is -0.496 e. The number of ether oxygens (including phenoxy) is 1. The Morgan fingerprint density at radius 1 is 1.15 bits per heavy atom. The van der Waals surface area contributed by atoms with E-state index in [1.54, 1.807) is 42.1 Å². The number of hydrogen-bond donors (Lipinski definition) is 1. The van der Waals surface area contributed by atoms with Crippen molar-refractivity contribution in [3.63, 3.8) is 0 Å². The topological polar surface area (TPSA) is 69.0 Å². The van der Waals surface area contributed by atoms with Crippen LogP contribution in [-0.2, 0) is 17.9 Å². The minimum atomic E-state index is -0.187. The molecule has 0 saturated carbocycles. The van der Waals surface area contributed by atoms with Crippen molar-refractivity contribution in [1.82, 2.24) is 20.3 Å². The SMILES string of the molecule is COc1ccc(Cl)cc1CNC(=O)Cn1nnc(-c2ccc(Cl)cc2)c1C. The highest BCUT2D eigenvalue weighted by molar-refractivity contribution is 6.30. The lowest BCUT2D eigenvalue weighted by Crippen LogP contribution is -2.28. The molecule has 8 heteroatoms. The molecule has 0 aliphatic carbocycles. The summed E-state index contributed by atoms with van der Waals surface area (Å²) in [5.74, 6) is 0.481. The molecule has 1 aromatic heterocycles. The standard InChI is InChI=1S/C19H18Cl2N4O2/c1-12-19(13-3-5-15(20)6-4-13)23-24-25(12)11-18(26)22-10-14-9-16(21)7-8-17(14)27-2/h3-9H,10-11H2,1-2H3,(H,22,26). The fourth-order valence-corrected chi connectivity index (χ4v) is 2.98. The van der Waals surface area contributed by atoms with Crippen molar-refractivity contribution in [1.29, 1.82) is 0 Å². The molecule has 1 amide bonds. The quantitative estimate of drug-likeness (QED) is 0.676. The Balaban J connectivity index is 1.67. The third-order valence-electron chi connectivity index (χ3n) is 4.11. The maximum atomic E-state index is 12.3. The van der Waals surface area contributed by atoms with Gasteiger partial charge in [-0.05, 0) is 37.3 Å². The Morgan fingerprint density at radius 2 is 1.85 bits per heavy atom. The van der Waals surface area contributed by atoms with E-state index in [1.807, 2.05) is 19.1 Å². The highest BCUT2D eigenvalue weighted by Crippen LogP contribution is 2.23. The fraction of sp³-hybridized carbons (Fsp3) is 0.211. The van der Waals surface area contributed by atoms with E-state index in [-0.39, 0.29) is 12.5 Å². The molecule has 140 valence electrons. The van der Waals surface area contributed by atoms with Crippen LogP contribution >= 0.6 is 23.2 Å². The molecule has 0 aliphatic heterocycles. The van der Waals surface area contributed by atoms with Gasteiger partial charge in [0.2, 0.25) is 5.91 Å². The van der Waals surface area contributed by atoms with Crippen molar-refractivity contribution in [2.45, 2.75) is 20.0 Å². The molecule has 1 N–H and O–H groups in total. The summed E-state index contributed by atoms with van der Waals surface area (Å²) in [5.41, 5.74) is 3.21. The first kappa shape index (κ1) is 19.2. The van der Waals surface area contributed by atoms with Crippen molar-refractivity contribution in [3.8, 4) is 17.0 Å². The van der Waals surface area contributed by atoms with Gasteiger partial charge in [0.15, 0.2) is 0 Å². The largest absolute Gasteiger partial charge is 0.496 e. The smallest absolute Gasteiger partial charge is 0.242 e. The Kier molecular flexibility index (Phi) is 5.98. The van der Waals surface area contributed by atoms with E-state index in [1.165, 1.54) is 0 Å². The highest BCUT2D eigenvalue weighted by atomic mass is 35.5. The molecule has 0 atom stereocenters. The van der Waals surface area contributed by atoms with Crippen molar-refractivity contribution in [2.24, 2.45) is 0 Å². The van der Waals surface area contributed by atoms with Gasteiger partial charge in [-0.15, -0.1) is 5.10 Å². The van der Waals surface area contributed by atoms with E-state index in [0.717, 1.165) is 22.5 Å². The third-order valence-corrected chi connectivity index (χ3v) is 4.60. The molecule has 3 rings (SSSR count). The van der Waals surface area contributed by atoms with Crippen molar-refractivity contribution < 1.29 is 9.53 Å². The molecule has 6 nitrogen and oxygen atoms in total. The number of amides is 1. The van der Waals surface area contributed by atoms with Crippen LogP contribution in [0.2, 0.25) is 10.0 Å². The molecule has 3 aromatic rings. The molecule has 1 heterocycles. The lowest BCUT2D eigenvalue weighted by atomic mass is 10.1. The van der Waals surface area contributed by atoms with Crippen LogP contribution in [-0.4, -0.2) is 28.0 Å². The normalized spacial score (nSPS) is 10.7. The number of rotatable bonds is 6. The van der Waals surface area contributed by atoms with Crippen molar-refractivity contribution in [3.05, 3.63) is 63.8 Å². The zero-order valence-corrected chi connectivity index (χ0v) is 16.4. The van der Waals surface area contributed by atoms with Gasteiger partial charge in [-0.3, -0.25) is 4.79 Å². The van der Waals surface area contributed by atoms with Gasteiger partial charge in [0.05, 0.1) is 12.8 Å². The zero-order chi connectivity index (χ0) is 19.4. The van der Waals surface area contributed by atoms with Gasteiger partial charge in [-0.2, -0.15) is 0 Å². The van der Waals surface area contributed by atoms with Gasteiger partial charge in [-0.25, -0.2) is 4.68 Å². The summed E-state index contributed by atoms with van der Waals surface area (Å²) >= 11 is 11.9. The number of carbonyl (C=O) groups excluding carboxylic acids is 1. The Labute approximate surface area is 167 Å². The number of halogens is 2. The second kappa shape index (κ2) is 8.41. The molecule has 0 unspecified atom stereocenters. The fourth-order valence-electron chi connectivity index (χ4n) is 2.66. The minimum absolute atomic E-state index is 0.0648. The monoisotopic (exact) mass is 404 g/mol. The molecule has 0 radical (unpaired) electrons. The van der Waals surface area contributed by atoms with Gasteiger partial charge in [0, 0.05) is 27.7 Å². The molecule has 0 saturated heterocycles. The van der Waals surface area contributed by atoms with Gasteiger partial charge >= 0.3 is 0 Å². The second-order valence-electron chi connectivity index (χ2n) is 5.92. The number of nitrogens with one attached hydrogen (secondary N) is 1. The van der Waals surface area contributed by atoms with Crippen LogP contribution in [0.1, 0.15) is 11.3 Å². The number of methoxy groups -OCH3 is 1. The molecule has 27 heavy (non-hydrogen) atoms. The van der Waals surface area contributed by atoms with Crippen molar-refractivity contribution >= 4 is 29.1 Å². The maximum absolute atomic E-state index is 12.3. The first-order valence-corrected chi connectivity index (χ1v) is 8.98. The predicted octanol–water partition coefficient (Wildman–Crippen LogP) is 3.89. The van der Waals surface area contributed by atoms with E-state index in [0.29, 0.717) is 22.3 Å². The van der Waals surface area contributed by atoms with Crippen LogP contribution in [0.3, 0.4) is 0 Å². The van der Waals surface area contributed by atoms with Gasteiger partial charge in [0.25, 0.3) is 0 Å². The van der Waals surface area contributed by atoms with Gasteiger partial charge < -0.3 is 10.1 Å². The average Bonchev–Trinajstić information content (AvgIpc) is 3.01. The number of benzene rings is 2.